The zero-order chi connectivity index (χ0) is 19.8. The van der Waals surface area contributed by atoms with Crippen molar-refractivity contribution in [2.45, 2.75) is 45.2 Å². The number of urea groups is 1. The summed E-state index contributed by atoms with van der Waals surface area (Å²) in [6.45, 7) is 4.16. The van der Waals surface area contributed by atoms with Gasteiger partial charge in [-0.25, -0.2) is 9.18 Å². The fourth-order valence-electron chi connectivity index (χ4n) is 3.01. The SMILES string of the molecule is CCC[C@H](C)N(C)C(=O)N[C@H](Cc1ccc(F)cc1)c1ccc(OC)cc1. The molecule has 0 heterocycles. The van der Waals surface area contributed by atoms with E-state index in [9.17, 15) is 9.18 Å². The Hall–Kier alpha value is -2.56. The third kappa shape index (κ3) is 5.98. The number of nitrogens with zero attached hydrogens (tertiary/aromatic N) is 1. The smallest absolute Gasteiger partial charge is 0.317 e. The van der Waals surface area contributed by atoms with Gasteiger partial charge < -0.3 is 15.0 Å². The van der Waals surface area contributed by atoms with Crippen molar-refractivity contribution in [2.75, 3.05) is 14.2 Å². The van der Waals surface area contributed by atoms with Crippen LogP contribution >= 0.6 is 0 Å². The maximum absolute atomic E-state index is 13.2. The fraction of sp³-hybridized carbons (Fsp3) is 0.409. The molecule has 2 aromatic rings. The van der Waals surface area contributed by atoms with Gasteiger partial charge in [0.2, 0.25) is 0 Å². The van der Waals surface area contributed by atoms with Gasteiger partial charge in [-0.2, -0.15) is 0 Å². The van der Waals surface area contributed by atoms with Crippen LogP contribution in [-0.4, -0.2) is 31.1 Å². The Morgan fingerprint density at radius 2 is 1.78 bits per heavy atom. The molecule has 5 heteroatoms. The van der Waals surface area contributed by atoms with E-state index in [0.717, 1.165) is 29.7 Å². The highest BCUT2D eigenvalue weighted by Crippen LogP contribution is 2.22. The van der Waals surface area contributed by atoms with Crippen molar-refractivity contribution in [3.8, 4) is 5.75 Å². The van der Waals surface area contributed by atoms with Gasteiger partial charge in [0.25, 0.3) is 0 Å². The molecular weight excluding hydrogens is 343 g/mol. The number of nitrogens with one attached hydrogen (secondary N) is 1. The van der Waals surface area contributed by atoms with E-state index in [4.69, 9.17) is 4.74 Å². The Balaban J connectivity index is 2.19. The Labute approximate surface area is 161 Å². The van der Waals surface area contributed by atoms with E-state index >= 15 is 0 Å². The summed E-state index contributed by atoms with van der Waals surface area (Å²) in [4.78, 5) is 14.5. The quantitative estimate of drug-likeness (QED) is 0.712. The molecule has 0 bridgehead atoms. The molecule has 2 aromatic carbocycles. The first-order chi connectivity index (χ1) is 12.9. The predicted octanol–water partition coefficient (Wildman–Crippen LogP) is 4.95. The molecular formula is C22H29FN2O2. The van der Waals surface area contributed by atoms with Crippen LogP contribution < -0.4 is 10.1 Å². The summed E-state index contributed by atoms with van der Waals surface area (Å²) in [5.41, 5.74) is 1.94. The highest BCUT2D eigenvalue weighted by molar-refractivity contribution is 5.74. The molecule has 0 aromatic heterocycles. The van der Waals surface area contributed by atoms with Crippen molar-refractivity contribution >= 4 is 6.03 Å². The number of carbonyl (C=O) groups excluding carboxylic acids is 1. The maximum Gasteiger partial charge on any atom is 0.317 e. The summed E-state index contributed by atoms with van der Waals surface area (Å²) in [6.07, 6.45) is 2.56. The monoisotopic (exact) mass is 372 g/mol. The van der Waals surface area contributed by atoms with Gasteiger partial charge in [-0.3, -0.25) is 0 Å². The summed E-state index contributed by atoms with van der Waals surface area (Å²) in [7, 11) is 3.44. The number of rotatable bonds is 8. The summed E-state index contributed by atoms with van der Waals surface area (Å²) in [5, 5.41) is 3.13. The second-order valence-corrected chi connectivity index (χ2v) is 6.85. The average molecular weight is 372 g/mol. The van der Waals surface area contributed by atoms with Crippen LogP contribution in [0, 0.1) is 5.82 Å². The molecule has 2 rings (SSSR count). The molecule has 0 aliphatic rings. The van der Waals surface area contributed by atoms with Gasteiger partial charge in [-0.05, 0) is 55.2 Å². The number of benzene rings is 2. The molecule has 2 atom stereocenters. The van der Waals surface area contributed by atoms with Crippen molar-refractivity contribution in [3.05, 3.63) is 65.5 Å². The molecule has 0 fully saturated rings. The highest BCUT2D eigenvalue weighted by Gasteiger charge is 2.20. The lowest BCUT2D eigenvalue weighted by molar-refractivity contribution is 0.187. The van der Waals surface area contributed by atoms with E-state index in [0.29, 0.717) is 6.42 Å². The Kier molecular flexibility index (Phi) is 7.65. The molecule has 27 heavy (non-hydrogen) atoms. The van der Waals surface area contributed by atoms with Crippen LogP contribution in [0.25, 0.3) is 0 Å². The molecule has 2 amide bonds. The Bertz CT molecular complexity index is 716. The molecule has 0 saturated heterocycles. The van der Waals surface area contributed by atoms with Crippen LogP contribution in [-0.2, 0) is 6.42 Å². The number of amides is 2. The molecule has 1 N–H and O–H groups in total. The first kappa shape index (κ1) is 20.7. The minimum Gasteiger partial charge on any atom is -0.497 e. The highest BCUT2D eigenvalue weighted by atomic mass is 19.1. The number of hydrogen-bond donors (Lipinski definition) is 1. The topological polar surface area (TPSA) is 41.6 Å². The van der Waals surface area contributed by atoms with E-state index in [-0.39, 0.29) is 23.9 Å². The summed E-state index contributed by atoms with van der Waals surface area (Å²) in [5.74, 6) is 0.496. The van der Waals surface area contributed by atoms with Gasteiger partial charge in [-0.1, -0.05) is 37.6 Å². The van der Waals surface area contributed by atoms with Crippen molar-refractivity contribution in [3.63, 3.8) is 0 Å². The number of carbonyl (C=O) groups is 1. The molecule has 0 radical (unpaired) electrons. The average Bonchev–Trinajstić information content (AvgIpc) is 2.68. The number of hydrogen-bond acceptors (Lipinski definition) is 2. The number of halogens is 1. The lowest BCUT2D eigenvalue weighted by Crippen LogP contribution is -2.44. The molecule has 0 aliphatic heterocycles. The summed E-state index contributed by atoms with van der Waals surface area (Å²) < 4.78 is 18.4. The van der Waals surface area contributed by atoms with Crippen molar-refractivity contribution in [1.82, 2.24) is 10.2 Å². The van der Waals surface area contributed by atoms with Crippen LogP contribution in [0.4, 0.5) is 9.18 Å². The molecule has 0 unspecified atom stereocenters. The minimum atomic E-state index is -0.267. The van der Waals surface area contributed by atoms with Crippen LogP contribution in [0.1, 0.15) is 43.9 Å². The number of methoxy groups -OCH3 is 1. The van der Waals surface area contributed by atoms with Crippen molar-refractivity contribution < 1.29 is 13.9 Å². The van der Waals surface area contributed by atoms with Crippen LogP contribution in [0.5, 0.6) is 5.75 Å². The number of ether oxygens (including phenoxy) is 1. The first-order valence-corrected chi connectivity index (χ1v) is 9.36. The van der Waals surface area contributed by atoms with E-state index in [1.54, 1.807) is 24.1 Å². The zero-order valence-electron chi connectivity index (χ0n) is 16.5. The largest absolute Gasteiger partial charge is 0.497 e. The Morgan fingerprint density at radius 3 is 2.33 bits per heavy atom. The van der Waals surface area contributed by atoms with Gasteiger partial charge in [-0.15, -0.1) is 0 Å². The standard InChI is InChI=1S/C22H29FN2O2/c1-5-6-16(2)25(3)22(26)24-21(15-17-7-11-19(23)12-8-17)18-9-13-20(27-4)14-10-18/h7-14,16,21H,5-6,15H2,1-4H3,(H,24,26)/t16-,21+/m0/s1. The maximum atomic E-state index is 13.2. The molecule has 0 saturated carbocycles. The molecule has 0 spiro atoms. The third-order valence-corrected chi connectivity index (χ3v) is 4.86. The van der Waals surface area contributed by atoms with E-state index in [1.165, 1.54) is 12.1 Å². The van der Waals surface area contributed by atoms with Gasteiger partial charge >= 0.3 is 6.03 Å². The van der Waals surface area contributed by atoms with Crippen LogP contribution in [0.3, 0.4) is 0 Å². The van der Waals surface area contributed by atoms with Crippen molar-refractivity contribution in [1.29, 1.82) is 0 Å². The lowest BCUT2D eigenvalue weighted by atomic mass is 9.98. The van der Waals surface area contributed by atoms with Gasteiger partial charge in [0.1, 0.15) is 11.6 Å². The molecule has 146 valence electrons. The minimum absolute atomic E-state index is 0.112. The van der Waals surface area contributed by atoms with Gasteiger partial charge in [0, 0.05) is 13.1 Å². The second-order valence-electron chi connectivity index (χ2n) is 6.85. The van der Waals surface area contributed by atoms with E-state index in [1.807, 2.05) is 38.2 Å². The Morgan fingerprint density at radius 1 is 1.15 bits per heavy atom. The van der Waals surface area contributed by atoms with E-state index < -0.39 is 0 Å². The molecule has 0 aliphatic carbocycles. The van der Waals surface area contributed by atoms with Crippen molar-refractivity contribution in [2.24, 2.45) is 0 Å². The normalized spacial score (nSPS) is 12.9. The fourth-order valence-corrected chi connectivity index (χ4v) is 3.01. The van der Waals surface area contributed by atoms with E-state index in [2.05, 4.69) is 12.2 Å². The predicted molar refractivity (Wildman–Crippen MR) is 107 cm³/mol. The summed E-state index contributed by atoms with van der Waals surface area (Å²) >= 11 is 0. The third-order valence-electron chi connectivity index (χ3n) is 4.86. The zero-order valence-corrected chi connectivity index (χ0v) is 16.5. The van der Waals surface area contributed by atoms with Crippen LogP contribution in [0.2, 0.25) is 0 Å². The van der Waals surface area contributed by atoms with Gasteiger partial charge in [0.15, 0.2) is 0 Å². The van der Waals surface area contributed by atoms with Crippen LogP contribution in [0.15, 0.2) is 48.5 Å². The summed E-state index contributed by atoms with van der Waals surface area (Å²) in [6, 6.07) is 13.9. The van der Waals surface area contributed by atoms with Gasteiger partial charge in [0.05, 0.1) is 13.2 Å². The first-order valence-electron chi connectivity index (χ1n) is 9.36. The lowest BCUT2D eigenvalue weighted by Gasteiger charge is -2.28. The molecule has 4 nitrogen and oxygen atoms in total. The second kappa shape index (κ2) is 9.95.